The number of carboxylic acids is 1. The molecule has 1 unspecified atom stereocenters. The molecule has 2 N–H and O–H groups in total. The van der Waals surface area contributed by atoms with Crippen LogP contribution in [0.15, 0.2) is 18.2 Å². The van der Waals surface area contributed by atoms with Crippen LogP contribution in [0.5, 0.6) is 0 Å². The van der Waals surface area contributed by atoms with Crippen LogP contribution in [-0.4, -0.2) is 29.6 Å². The zero-order valence-electron chi connectivity index (χ0n) is 14.7. The van der Waals surface area contributed by atoms with Gasteiger partial charge in [0.05, 0.1) is 23.4 Å². The van der Waals surface area contributed by atoms with Crippen molar-refractivity contribution in [3.63, 3.8) is 0 Å². The second-order valence-electron chi connectivity index (χ2n) is 6.55. The van der Waals surface area contributed by atoms with Gasteiger partial charge in [-0.15, -0.1) is 11.3 Å². The molecule has 0 aliphatic heterocycles. The molecule has 0 saturated heterocycles. The van der Waals surface area contributed by atoms with E-state index >= 15 is 0 Å². The first-order valence-corrected chi connectivity index (χ1v) is 8.74. The van der Waals surface area contributed by atoms with E-state index < -0.39 is 23.2 Å². The summed E-state index contributed by atoms with van der Waals surface area (Å²) in [6.45, 7) is 5.50. The van der Waals surface area contributed by atoms with Crippen molar-refractivity contribution >= 4 is 33.3 Å². The molecular weight excluding hydrogens is 345 g/mol. The quantitative estimate of drug-likeness (QED) is 0.780. The molecule has 1 heterocycles. The average molecular weight is 367 g/mol. The van der Waals surface area contributed by atoms with Crippen LogP contribution >= 0.6 is 11.3 Å². The molecule has 0 fully saturated rings. The number of carboxylic acid groups (broad SMARTS) is 1. The molecule has 5 nitrogen and oxygen atoms in total. The van der Waals surface area contributed by atoms with Crippen molar-refractivity contribution in [2.24, 2.45) is 5.92 Å². The fourth-order valence-electron chi connectivity index (χ4n) is 2.66. The van der Waals surface area contributed by atoms with Gasteiger partial charge in [0.1, 0.15) is 5.82 Å². The highest BCUT2D eigenvalue weighted by Crippen LogP contribution is 2.34. The normalized spacial score (nSPS) is 13.8. The van der Waals surface area contributed by atoms with Crippen LogP contribution in [0, 0.1) is 11.7 Å². The average Bonchev–Trinajstić information content (AvgIpc) is 2.87. The molecular formula is C18H22FNO4S. The zero-order chi connectivity index (χ0) is 18.8. The van der Waals surface area contributed by atoms with Crippen molar-refractivity contribution in [3.05, 3.63) is 34.5 Å². The summed E-state index contributed by atoms with van der Waals surface area (Å²) in [5.41, 5.74) is -0.429. The van der Waals surface area contributed by atoms with Gasteiger partial charge in [0.2, 0.25) is 0 Å². The van der Waals surface area contributed by atoms with E-state index in [0.717, 1.165) is 0 Å². The summed E-state index contributed by atoms with van der Waals surface area (Å²) >= 11 is 1.18. The van der Waals surface area contributed by atoms with Crippen LogP contribution in [0.3, 0.4) is 0 Å². The third-order valence-electron chi connectivity index (χ3n) is 4.45. The van der Waals surface area contributed by atoms with Crippen molar-refractivity contribution in [2.45, 2.75) is 39.3 Å². The molecule has 7 heteroatoms. The van der Waals surface area contributed by atoms with E-state index in [1.54, 1.807) is 19.1 Å². The van der Waals surface area contributed by atoms with Gasteiger partial charge in [0.15, 0.2) is 0 Å². The van der Waals surface area contributed by atoms with Gasteiger partial charge in [-0.3, -0.25) is 9.59 Å². The smallest absolute Gasteiger partial charge is 0.305 e. The van der Waals surface area contributed by atoms with Crippen molar-refractivity contribution in [2.75, 3.05) is 7.11 Å². The molecule has 0 radical (unpaired) electrons. The maximum atomic E-state index is 14.2. The Bertz CT molecular complexity index is 802. The summed E-state index contributed by atoms with van der Waals surface area (Å²) in [4.78, 5) is 24.4. The Hall–Kier alpha value is -1.99. The molecule has 1 aromatic heterocycles. The number of carbonyl (C=O) groups excluding carboxylic acids is 1. The van der Waals surface area contributed by atoms with Gasteiger partial charge in [-0.05, 0) is 25.0 Å². The van der Waals surface area contributed by atoms with Gasteiger partial charge < -0.3 is 15.2 Å². The fourth-order valence-corrected chi connectivity index (χ4v) is 3.77. The summed E-state index contributed by atoms with van der Waals surface area (Å²) in [5.74, 6) is -1.90. The standard InChI is InChI=1S/C18H22FNO4S/c1-10(2)18(3,8-14(21)22)20-17(23)16-11(9-24-4)15-12(19)6-5-7-13(15)25-16/h5-7,10H,8-9H2,1-4H3,(H,20,23)(H,21,22). The van der Waals surface area contributed by atoms with E-state index in [0.29, 0.717) is 20.5 Å². The van der Waals surface area contributed by atoms with Crippen LogP contribution in [0.4, 0.5) is 4.39 Å². The largest absolute Gasteiger partial charge is 0.481 e. The Balaban J connectivity index is 2.46. The highest BCUT2D eigenvalue weighted by Gasteiger charge is 2.34. The van der Waals surface area contributed by atoms with E-state index in [4.69, 9.17) is 9.84 Å². The van der Waals surface area contributed by atoms with Gasteiger partial charge in [-0.1, -0.05) is 19.9 Å². The van der Waals surface area contributed by atoms with E-state index in [1.165, 1.54) is 24.5 Å². The Morgan fingerprint density at radius 3 is 2.64 bits per heavy atom. The Morgan fingerprint density at radius 1 is 1.40 bits per heavy atom. The van der Waals surface area contributed by atoms with Gasteiger partial charge in [0.25, 0.3) is 5.91 Å². The number of methoxy groups -OCH3 is 1. The number of halogens is 1. The second kappa shape index (κ2) is 7.49. The van der Waals surface area contributed by atoms with Crippen molar-refractivity contribution in [1.29, 1.82) is 0 Å². The molecule has 0 spiro atoms. The van der Waals surface area contributed by atoms with Crippen molar-refractivity contribution in [3.8, 4) is 0 Å². The first-order valence-electron chi connectivity index (χ1n) is 7.92. The minimum absolute atomic E-state index is 0.0930. The number of aliphatic carboxylic acids is 1. The fraction of sp³-hybridized carbons (Fsp3) is 0.444. The number of benzene rings is 1. The van der Waals surface area contributed by atoms with Crippen molar-refractivity contribution in [1.82, 2.24) is 5.32 Å². The molecule has 25 heavy (non-hydrogen) atoms. The van der Waals surface area contributed by atoms with Gasteiger partial charge in [0, 0.05) is 22.8 Å². The molecule has 0 saturated carbocycles. The number of amides is 1. The molecule has 0 bridgehead atoms. The lowest BCUT2D eigenvalue weighted by atomic mass is 9.85. The topological polar surface area (TPSA) is 75.6 Å². The summed E-state index contributed by atoms with van der Waals surface area (Å²) in [7, 11) is 1.48. The maximum Gasteiger partial charge on any atom is 0.305 e. The second-order valence-corrected chi connectivity index (χ2v) is 7.60. The van der Waals surface area contributed by atoms with E-state index in [2.05, 4.69) is 5.32 Å². The first-order chi connectivity index (χ1) is 11.7. The predicted molar refractivity (Wildman–Crippen MR) is 95.5 cm³/mol. The third-order valence-corrected chi connectivity index (χ3v) is 5.65. The lowest BCUT2D eigenvalue weighted by Crippen LogP contribution is -2.51. The zero-order valence-corrected chi connectivity index (χ0v) is 15.5. The van der Waals surface area contributed by atoms with E-state index in [-0.39, 0.29) is 18.9 Å². The molecule has 1 atom stereocenters. The maximum absolute atomic E-state index is 14.2. The SMILES string of the molecule is COCc1c(C(=O)NC(C)(CC(=O)O)C(C)C)sc2cccc(F)c12. The van der Waals surface area contributed by atoms with Gasteiger partial charge in [-0.25, -0.2) is 4.39 Å². The van der Waals surface area contributed by atoms with Crippen LogP contribution < -0.4 is 5.32 Å². The van der Waals surface area contributed by atoms with Crippen molar-refractivity contribution < 1.29 is 23.8 Å². The monoisotopic (exact) mass is 367 g/mol. The Labute approximate surface area is 149 Å². The Morgan fingerprint density at radius 2 is 2.08 bits per heavy atom. The first kappa shape index (κ1) is 19.3. The van der Waals surface area contributed by atoms with E-state index in [9.17, 15) is 14.0 Å². The predicted octanol–water partition coefficient (Wildman–Crippen LogP) is 3.81. The number of thiophene rings is 1. The van der Waals surface area contributed by atoms with Gasteiger partial charge in [-0.2, -0.15) is 0 Å². The highest BCUT2D eigenvalue weighted by atomic mass is 32.1. The Kier molecular flexibility index (Phi) is 5.80. The molecule has 1 aromatic carbocycles. The molecule has 136 valence electrons. The number of hydrogen-bond donors (Lipinski definition) is 2. The highest BCUT2D eigenvalue weighted by molar-refractivity contribution is 7.21. The molecule has 1 amide bonds. The molecule has 0 aliphatic carbocycles. The lowest BCUT2D eigenvalue weighted by molar-refractivity contribution is -0.138. The van der Waals surface area contributed by atoms with Crippen LogP contribution in [-0.2, 0) is 16.1 Å². The number of fused-ring (bicyclic) bond motifs is 1. The third kappa shape index (κ3) is 3.99. The lowest BCUT2D eigenvalue weighted by Gasteiger charge is -2.33. The molecule has 0 aliphatic rings. The number of rotatable bonds is 7. The van der Waals surface area contributed by atoms with Gasteiger partial charge >= 0.3 is 5.97 Å². The van der Waals surface area contributed by atoms with E-state index in [1.807, 2.05) is 13.8 Å². The van der Waals surface area contributed by atoms with Crippen LogP contribution in [0.25, 0.3) is 10.1 Å². The minimum Gasteiger partial charge on any atom is -0.481 e. The molecule has 2 rings (SSSR count). The summed E-state index contributed by atoms with van der Waals surface area (Å²) < 4.78 is 20.0. The number of carbonyl (C=O) groups is 2. The number of ether oxygens (including phenoxy) is 1. The number of hydrogen-bond acceptors (Lipinski definition) is 4. The number of nitrogens with one attached hydrogen (secondary N) is 1. The summed E-state index contributed by atoms with van der Waals surface area (Å²) in [5, 5.41) is 12.4. The summed E-state index contributed by atoms with van der Waals surface area (Å²) in [6.07, 6.45) is -0.199. The summed E-state index contributed by atoms with van der Waals surface area (Å²) in [6, 6.07) is 4.69. The van der Waals surface area contributed by atoms with Crippen LogP contribution in [0.1, 0.15) is 42.4 Å². The molecule has 2 aromatic rings. The minimum atomic E-state index is -0.990. The van der Waals surface area contributed by atoms with Crippen LogP contribution in [0.2, 0.25) is 0 Å².